The fourth-order valence-corrected chi connectivity index (χ4v) is 6.65. The SMILES string of the molecule is O=S(=O)(N[C@@H](Cc1ccc([C@@H]2CC([O-])=NS2(=O)=O)cc1)c1nc2ccccc2[nH]1)c1ccccc1. The van der Waals surface area contributed by atoms with Gasteiger partial charge in [-0.15, -0.1) is 0 Å². The molecule has 0 unspecified atom stereocenters. The summed E-state index contributed by atoms with van der Waals surface area (Å²) in [5.41, 5.74) is 2.71. The van der Waals surface area contributed by atoms with Crippen molar-refractivity contribution in [2.75, 3.05) is 0 Å². The first kappa shape index (κ1) is 23.2. The molecule has 9 nitrogen and oxygen atoms in total. The van der Waals surface area contributed by atoms with Gasteiger partial charge in [0, 0.05) is 0 Å². The van der Waals surface area contributed by atoms with Crippen molar-refractivity contribution in [1.29, 1.82) is 0 Å². The van der Waals surface area contributed by atoms with Crippen molar-refractivity contribution in [2.24, 2.45) is 4.40 Å². The molecule has 0 saturated carbocycles. The average molecular weight is 510 g/mol. The Bertz CT molecular complexity index is 1580. The lowest BCUT2D eigenvalue weighted by Crippen LogP contribution is -2.30. The topological polar surface area (TPSA) is 144 Å². The normalized spacial score (nSPS) is 18.4. The minimum Gasteiger partial charge on any atom is -0.861 e. The summed E-state index contributed by atoms with van der Waals surface area (Å²) in [6.45, 7) is 0. The maximum atomic E-state index is 13.1. The summed E-state index contributed by atoms with van der Waals surface area (Å²) in [6, 6.07) is 21.5. The summed E-state index contributed by atoms with van der Waals surface area (Å²) in [5, 5.41) is 10.5. The molecular weight excluding hydrogens is 488 g/mol. The van der Waals surface area contributed by atoms with E-state index in [-0.39, 0.29) is 17.7 Å². The van der Waals surface area contributed by atoms with Crippen LogP contribution in [-0.2, 0) is 26.5 Å². The number of benzene rings is 3. The molecule has 0 amide bonds. The van der Waals surface area contributed by atoms with Gasteiger partial charge in [0.25, 0.3) is 10.0 Å². The molecule has 1 aliphatic rings. The third kappa shape index (κ3) is 4.83. The van der Waals surface area contributed by atoms with Gasteiger partial charge in [0.2, 0.25) is 10.0 Å². The van der Waals surface area contributed by atoms with Crippen molar-refractivity contribution < 1.29 is 21.9 Å². The van der Waals surface area contributed by atoms with Gasteiger partial charge in [-0.3, -0.25) is 0 Å². The lowest BCUT2D eigenvalue weighted by molar-refractivity contribution is -0.217. The van der Waals surface area contributed by atoms with Crippen LogP contribution in [0.2, 0.25) is 0 Å². The van der Waals surface area contributed by atoms with Crippen LogP contribution in [0.25, 0.3) is 11.0 Å². The maximum absolute atomic E-state index is 13.1. The third-order valence-corrected chi connectivity index (χ3v) is 8.93. The second kappa shape index (κ2) is 8.91. The van der Waals surface area contributed by atoms with Crippen molar-refractivity contribution >= 4 is 37.0 Å². The predicted octanol–water partition coefficient (Wildman–Crippen LogP) is 2.36. The van der Waals surface area contributed by atoms with E-state index in [0.29, 0.717) is 16.9 Å². The Balaban J connectivity index is 1.45. The van der Waals surface area contributed by atoms with Crippen LogP contribution in [0, 0.1) is 0 Å². The molecule has 0 spiro atoms. The summed E-state index contributed by atoms with van der Waals surface area (Å²) in [4.78, 5) is 7.91. The van der Waals surface area contributed by atoms with E-state index in [0.717, 1.165) is 11.1 Å². The molecule has 11 heteroatoms. The molecule has 2 N–H and O–H groups in total. The third-order valence-electron chi connectivity index (χ3n) is 5.83. The standard InChI is InChI=1S/C24H22N4O5S2/c29-23-15-22(35(32,33)28-23)17-12-10-16(11-13-17)14-21(24-25-19-8-4-5-9-20(19)26-24)27-34(30,31)18-6-2-1-3-7-18/h1-13,21-22,27H,14-15H2,(H,25,26)(H,28,29)/p-1/t21-,22-/m0/s1. The number of sulfonamides is 2. The monoisotopic (exact) mass is 509 g/mol. The number of aromatic amines is 1. The van der Waals surface area contributed by atoms with Gasteiger partial charge < -0.3 is 10.1 Å². The number of hydrogen-bond acceptors (Lipinski definition) is 6. The van der Waals surface area contributed by atoms with Crippen molar-refractivity contribution in [3.8, 4) is 0 Å². The van der Waals surface area contributed by atoms with Crippen molar-refractivity contribution in [2.45, 2.75) is 29.0 Å². The van der Waals surface area contributed by atoms with Gasteiger partial charge in [-0.1, -0.05) is 54.6 Å². The molecule has 2 atom stereocenters. The van der Waals surface area contributed by atoms with Crippen LogP contribution in [0.5, 0.6) is 0 Å². The molecule has 1 aliphatic heterocycles. The van der Waals surface area contributed by atoms with E-state index in [1.54, 1.807) is 42.5 Å². The molecule has 0 saturated heterocycles. The number of fused-ring (bicyclic) bond motifs is 1. The molecule has 2 heterocycles. The zero-order valence-corrected chi connectivity index (χ0v) is 20.0. The second-order valence-electron chi connectivity index (χ2n) is 8.26. The number of imidazole rings is 1. The first-order valence-corrected chi connectivity index (χ1v) is 13.8. The summed E-state index contributed by atoms with van der Waals surface area (Å²) >= 11 is 0. The van der Waals surface area contributed by atoms with Crippen LogP contribution in [0.15, 0.2) is 88.2 Å². The first-order chi connectivity index (χ1) is 16.7. The Morgan fingerprint density at radius 2 is 1.69 bits per heavy atom. The Kier molecular flexibility index (Phi) is 5.91. The van der Waals surface area contributed by atoms with E-state index in [1.807, 2.05) is 24.3 Å². The van der Waals surface area contributed by atoms with Gasteiger partial charge in [0.15, 0.2) is 0 Å². The molecule has 5 rings (SSSR count). The van der Waals surface area contributed by atoms with Gasteiger partial charge >= 0.3 is 0 Å². The van der Waals surface area contributed by atoms with Crippen LogP contribution in [0.1, 0.15) is 34.7 Å². The minimum atomic E-state index is -3.87. The molecule has 1 aromatic heterocycles. The van der Waals surface area contributed by atoms with Crippen LogP contribution in [-0.4, -0.2) is 32.7 Å². The van der Waals surface area contributed by atoms with Gasteiger partial charge in [-0.05, 0) is 54.1 Å². The van der Waals surface area contributed by atoms with E-state index in [4.69, 9.17) is 0 Å². The summed E-state index contributed by atoms with van der Waals surface area (Å²) in [7, 11) is -7.72. The molecule has 35 heavy (non-hydrogen) atoms. The predicted molar refractivity (Wildman–Crippen MR) is 129 cm³/mol. The van der Waals surface area contributed by atoms with Gasteiger partial charge in [0.05, 0.1) is 22.0 Å². The Hall–Kier alpha value is -3.54. The lowest BCUT2D eigenvalue weighted by Gasteiger charge is -2.18. The Morgan fingerprint density at radius 1 is 1.00 bits per heavy atom. The number of para-hydroxylation sites is 2. The highest BCUT2D eigenvalue weighted by Crippen LogP contribution is 2.32. The largest absolute Gasteiger partial charge is 0.861 e. The van der Waals surface area contributed by atoms with Crippen LogP contribution < -0.4 is 9.83 Å². The number of aromatic nitrogens is 2. The maximum Gasteiger partial charge on any atom is 0.259 e. The van der Waals surface area contributed by atoms with E-state index < -0.39 is 37.2 Å². The van der Waals surface area contributed by atoms with Crippen molar-refractivity contribution in [1.82, 2.24) is 14.7 Å². The molecule has 180 valence electrons. The van der Waals surface area contributed by atoms with Crippen LogP contribution in [0.4, 0.5) is 0 Å². The zero-order chi connectivity index (χ0) is 24.6. The average Bonchev–Trinajstić information content (AvgIpc) is 3.39. The fraction of sp³-hybridized carbons (Fsp3) is 0.167. The van der Waals surface area contributed by atoms with E-state index in [1.165, 1.54) is 12.1 Å². The van der Waals surface area contributed by atoms with E-state index in [2.05, 4.69) is 19.1 Å². The van der Waals surface area contributed by atoms with E-state index in [9.17, 15) is 21.9 Å². The molecule has 0 radical (unpaired) electrons. The van der Waals surface area contributed by atoms with Gasteiger partial charge in [0.1, 0.15) is 11.1 Å². The quantitative estimate of drug-likeness (QED) is 0.391. The molecule has 0 fully saturated rings. The second-order valence-corrected chi connectivity index (χ2v) is 11.8. The van der Waals surface area contributed by atoms with Gasteiger partial charge in [-0.25, -0.2) is 26.5 Å². The first-order valence-electron chi connectivity index (χ1n) is 10.8. The molecule has 4 aromatic rings. The highest BCUT2D eigenvalue weighted by atomic mass is 32.2. The van der Waals surface area contributed by atoms with E-state index >= 15 is 0 Å². The summed E-state index contributed by atoms with van der Waals surface area (Å²) < 4.78 is 56.4. The smallest absolute Gasteiger partial charge is 0.259 e. The number of nitrogens with zero attached hydrogens (tertiary/aromatic N) is 2. The highest BCUT2D eigenvalue weighted by molar-refractivity contribution is 7.90. The molecular formula is C24H21N4O5S2-. The molecule has 0 aliphatic carbocycles. The van der Waals surface area contributed by atoms with Crippen molar-refractivity contribution in [3.63, 3.8) is 0 Å². The van der Waals surface area contributed by atoms with Crippen LogP contribution in [0.3, 0.4) is 0 Å². The fourth-order valence-electron chi connectivity index (χ4n) is 4.09. The molecule has 0 bridgehead atoms. The highest BCUT2D eigenvalue weighted by Gasteiger charge is 2.31. The Labute approximate surface area is 202 Å². The van der Waals surface area contributed by atoms with Crippen LogP contribution >= 0.6 is 0 Å². The van der Waals surface area contributed by atoms with Gasteiger partial charge in [-0.2, -0.15) is 4.40 Å². The minimum absolute atomic E-state index is 0.135. The number of rotatable bonds is 7. The summed E-state index contributed by atoms with van der Waals surface area (Å²) in [5.74, 6) is -0.197. The number of hydrogen-bond donors (Lipinski definition) is 2. The van der Waals surface area contributed by atoms with Crippen molar-refractivity contribution in [3.05, 3.63) is 95.8 Å². The zero-order valence-electron chi connectivity index (χ0n) is 18.3. The molecule has 3 aromatic carbocycles. The number of nitrogens with one attached hydrogen (secondary N) is 2. The summed E-state index contributed by atoms with van der Waals surface area (Å²) in [6.07, 6.45) is 0.0764. The number of H-pyrrole nitrogens is 1. The lowest BCUT2D eigenvalue weighted by atomic mass is 10.0. The Morgan fingerprint density at radius 3 is 2.34 bits per heavy atom.